The minimum absolute atomic E-state index is 0.0354. The van der Waals surface area contributed by atoms with E-state index in [1.807, 2.05) is 37.3 Å². The van der Waals surface area contributed by atoms with E-state index in [0.29, 0.717) is 25.7 Å². The normalized spacial score (nSPS) is 20.7. The molecule has 11 heteroatoms. The number of nitro benzene ring substituents is 1. The molecular formula is C31H36F4N4O3. The summed E-state index contributed by atoms with van der Waals surface area (Å²) in [6, 6.07) is 9.56. The van der Waals surface area contributed by atoms with Crippen molar-refractivity contribution in [2.75, 3.05) is 31.5 Å². The van der Waals surface area contributed by atoms with Gasteiger partial charge in [-0.2, -0.15) is 13.2 Å². The van der Waals surface area contributed by atoms with Gasteiger partial charge in [0.25, 0.3) is 5.69 Å². The second-order valence-electron chi connectivity index (χ2n) is 10.6. The Kier molecular flexibility index (Phi) is 10.3. The van der Waals surface area contributed by atoms with Gasteiger partial charge in [-0.1, -0.05) is 18.7 Å². The second kappa shape index (κ2) is 13.9. The Labute approximate surface area is 243 Å². The molecule has 1 heterocycles. The molecule has 2 aliphatic rings. The molecule has 0 bridgehead atoms. The molecule has 0 aromatic heterocycles. The molecule has 1 aliphatic carbocycles. The first-order valence-corrected chi connectivity index (χ1v) is 14.1. The molecule has 1 saturated heterocycles. The number of piperazine rings is 1. The highest BCUT2D eigenvalue weighted by Crippen LogP contribution is 2.38. The van der Waals surface area contributed by atoms with Gasteiger partial charge in [-0.3, -0.25) is 15.0 Å². The number of benzene rings is 2. The van der Waals surface area contributed by atoms with E-state index >= 15 is 0 Å². The van der Waals surface area contributed by atoms with Gasteiger partial charge in [0.2, 0.25) is 0 Å². The molecule has 1 aliphatic heterocycles. The Balaban J connectivity index is 1.27. The summed E-state index contributed by atoms with van der Waals surface area (Å²) in [5, 5.41) is 14.1. The van der Waals surface area contributed by atoms with Gasteiger partial charge in [0, 0.05) is 62.3 Å². The first kappa shape index (κ1) is 31.1. The van der Waals surface area contributed by atoms with E-state index in [9.17, 15) is 27.7 Å². The lowest BCUT2D eigenvalue weighted by Gasteiger charge is -2.37. The fraction of sp³-hybridized carbons (Fsp3) is 0.419. The van der Waals surface area contributed by atoms with Crippen LogP contribution in [0.25, 0.3) is 0 Å². The average molecular weight is 589 g/mol. The summed E-state index contributed by atoms with van der Waals surface area (Å²) >= 11 is 0. The van der Waals surface area contributed by atoms with Gasteiger partial charge in [-0.05, 0) is 74.6 Å². The van der Waals surface area contributed by atoms with Crippen molar-refractivity contribution in [3.8, 4) is 0 Å². The molecule has 42 heavy (non-hydrogen) atoms. The van der Waals surface area contributed by atoms with Crippen molar-refractivity contribution in [3.63, 3.8) is 0 Å². The lowest BCUT2D eigenvalue weighted by atomic mass is 9.92. The van der Waals surface area contributed by atoms with Crippen LogP contribution in [-0.4, -0.2) is 53.0 Å². The van der Waals surface area contributed by atoms with Crippen molar-refractivity contribution in [3.05, 3.63) is 106 Å². The van der Waals surface area contributed by atoms with Crippen LogP contribution in [0.2, 0.25) is 0 Å². The minimum atomic E-state index is -4.82. The number of anilines is 1. The number of alkyl halides is 3. The first-order valence-electron chi connectivity index (χ1n) is 14.1. The maximum Gasteiger partial charge on any atom is 0.423 e. The monoisotopic (exact) mass is 588 g/mol. The molecule has 0 radical (unpaired) electrons. The van der Waals surface area contributed by atoms with Crippen molar-refractivity contribution < 1.29 is 27.2 Å². The van der Waals surface area contributed by atoms with Gasteiger partial charge >= 0.3 is 6.18 Å². The molecule has 2 aromatic rings. The highest BCUT2D eigenvalue weighted by atomic mass is 19.4. The molecule has 2 fully saturated rings. The van der Waals surface area contributed by atoms with Crippen molar-refractivity contribution in [1.82, 2.24) is 9.80 Å². The maximum absolute atomic E-state index is 13.3. The van der Waals surface area contributed by atoms with Crippen molar-refractivity contribution >= 4 is 11.4 Å². The van der Waals surface area contributed by atoms with Crippen LogP contribution in [0.4, 0.5) is 28.9 Å². The van der Waals surface area contributed by atoms with Crippen molar-refractivity contribution in [2.24, 2.45) is 0 Å². The van der Waals surface area contributed by atoms with E-state index < -0.39 is 22.4 Å². The Morgan fingerprint density at radius 2 is 1.76 bits per heavy atom. The van der Waals surface area contributed by atoms with Crippen LogP contribution in [0.3, 0.4) is 0 Å². The van der Waals surface area contributed by atoms with Gasteiger partial charge < -0.3 is 15.0 Å². The van der Waals surface area contributed by atoms with E-state index in [4.69, 9.17) is 4.74 Å². The zero-order valence-corrected chi connectivity index (χ0v) is 23.6. The number of hydrogen-bond donors (Lipinski definition) is 1. The van der Waals surface area contributed by atoms with Gasteiger partial charge in [0.05, 0.1) is 11.0 Å². The molecule has 0 atom stereocenters. The van der Waals surface area contributed by atoms with Gasteiger partial charge in [-0.25, -0.2) is 4.39 Å². The summed E-state index contributed by atoms with van der Waals surface area (Å²) in [7, 11) is 0. The van der Waals surface area contributed by atoms with Crippen molar-refractivity contribution in [2.45, 2.75) is 57.5 Å². The fourth-order valence-electron chi connectivity index (χ4n) is 5.39. The highest BCUT2D eigenvalue weighted by Gasteiger charge is 2.38. The number of hydrogen-bond acceptors (Lipinski definition) is 6. The third kappa shape index (κ3) is 8.34. The Morgan fingerprint density at radius 1 is 1.10 bits per heavy atom. The van der Waals surface area contributed by atoms with Gasteiger partial charge in [0.1, 0.15) is 17.1 Å². The number of rotatable bonds is 10. The Morgan fingerprint density at radius 3 is 2.33 bits per heavy atom. The zero-order valence-electron chi connectivity index (χ0n) is 23.6. The molecule has 2 aromatic carbocycles. The highest BCUT2D eigenvalue weighted by molar-refractivity contribution is 5.55. The largest absolute Gasteiger partial charge is 0.491 e. The number of nitrogens with zero attached hydrogens (tertiary/aromatic N) is 3. The minimum Gasteiger partial charge on any atom is -0.491 e. The number of nitrogens with one attached hydrogen (secondary N) is 1. The van der Waals surface area contributed by atoms with Crippen molar-refractivity contribution in [1.29, 1.82) is 0 Å². The second-order valence-corrected chi connectivity index (χ2v) is 10.6. The van der Waals surface area contributed by atoms with Crippen LogP contribution in [0.1, 0.15) is 43.7 Å². The molecule has 4 rings (SSSR count). The summed E-state index contributed by atoms with van der Waals surface area (Å²) in [5.41, 5.74) is 0.0492. The van der Waals surface area contributed by atoms with Gasteiger partial charge in [0.15, 0.2) is 0 Å². The predicted molar refractivity (Wildman–Crippen MR) is 154 cm³/mol. The van der Waals surface area contributed by atoms with E-state index in [2.05, 4.69) is 21.7 Å². The van der Waals surface area contributed by atoms with Crippen LogP contribution in [0.5, 0.6) is 0 Å². The number of nitro groups is 1. The third-order valence-electron chi connectivity index (χ3n) is 7.69. The SMILES string of the molecule is C=C/C(=C\C(=C/C)O[C@H]1CC[C@H](Nc2ccc([N+](=O)[O-])c(C(F)(F)F)c2)CC1)N1CCN(Cc2ccc(F)cc2)CC1. The number of ether oxygens (including phenoxy) is 1. The molecule has 1 saturated carbocycles. The molecule has 226 valence electrons. The summed E-state index contributed by atoms with van der Waals surface area (Å²) in [6.45, 7) is 10.1. The van der Waals surface area contributed by atoms with Crippen LogP contribution >= 0.6 is 0 Å². The maximum atomic E-state index is 13.3. The molecular weight excluding hydrogens is 552 g/mol. The average Bonchev–Trinajstić information content (AvgIpc) is 2.97. The van der Waals surface area contributed by atoms with Crippen LogP contribution in [0.15, 0.2) is 78.7 Å². The molecule has 0 spiro atoms. The van der Waals surface area contributed by atoms with E-state index in [0.717, 1.165) is 61.9 Å². The smallest absolute Gasteiger partial charge is 0.423 e. The van der Waals surface area contributed by atoms with Crippen LogP contribution in [0, 0.1) is 15.9 Å². The van der Waals surface area contributed by atoms with E-state index in [-0.39, 0.29) is 23.7 Å². The van der Waals surface area contributed by atoms with Crippen LogP contribution < -0.4 is 5.32 Å². The summed E-state index contributed by atoms with van der Waals surface area (Å²) < 4.78 is 59.5. The Hall–Kier alpha value is -3.86. The third-order valence-corrected chi connectivity index (χ3v) is 7.69. The summed E-state index contributed by atoms with van der Waals surface area (Å²) in [5.74, 6) is 0.501. The lowest BCUT2D eigenvalue weighted by molar-refractivity contribution is -0.388. The fourth-order valence-corrected chi connectivity index (χ4v) is 5.39. The standard InChI is InChI=1S/C31H36F4N4O3/c1-3-26(38-17-15-37(16-18-38)21-22-5-7-23(32)8-6-22)20-27(4-2)42-28-12-9-24(10-13-28)36-25-11-14-30(39(40)41)29(19-25)31(33,34)35/h3-8,11,14,19-20,24,28,36H,1,9-10,12-13,15-18,21H2,2H3/b26-20+,27-4+/t24-,28-. The number of allylic oxidation sites excluding steroid dienone is 3. The molecule has 1 N–H and O–H groups in total. The Bertz CT molecular complexity index is 1290. The van der Waals surface area contributed by atoms with Gasteiger partial charge in [-0.15, -0.1) is 0 Å². The number of halogens is 4. The molecule has 0 amide bonds. The molecule has 0 unspecified atom stereocenters. The predicted octanol–water partition coefficient (Wildman–Crippen LogP) is 7.28. The summed E-state index contributed by atoms with van der Waals surface area (Å²) in [6.07, 6.45) is 3.68. The zero-order chi connectivity index (χ0) is 30.3. The first-order chi connectivity index (χ1) is 20.0. The topological polar surface area (TPSA) is 70.9 Å². The van der Waals surface area contributed by atoms with E-state index in [1.165, 1.54) is 18.2 Å². The molecule has 7 nitrogen and oxygen atoms in total. The van der Waals surface area contributed by atoms with Crippen LogP contribution in [-0.2, 0) is 17.5 Å². The quantitative estimate of drug-likeness (QED) is 0.103. The summed E-state index contributed by atoms with van der Waals surface area (Å²) in [4.78, 5) is 14.6. The van der Waals surface area contributed by atoms with E-state index in [1.54, 1.807) is 0 Å². The lowest BCUT2D eigenvalue weighted by Crippen LogP contribution is -2.45.